The first-order chi connectivity index (χ1) is 8.44. The molecule has 0 amide bonds. The predicted octanol–water partition coefficient (Wildman–Crippen LogP) is 1.88. The number of hydrogen-bond donors (Lipinski definition) is 1. The van der Waals surface area contributed by atoms with E-state index in [0.717, 1.165) is 5.56 Å². The molecule has 18 heavy (non-hydrogen) atoms. The molecule has 1 rings (SSSR count). The maximum absolute atomic E-state index is 11.8. The molecule has 0 aliphatic rings. The van der Waals surface area contributed by atoms with Gasteiger partial charge in [-0.3, -0.25) is 8.93 Å². The summed E-state index contributed by atoms with van der Waals surface area (Å²) < 4.78 is 37.3. The Morgan fingerprint density at radius 3 is 2.67 bits per heavy atom. The van der Waals surface area contributed by atoms with Crippen molar-refractivity contribution in [1.82, 2.24) is 0 Å². The lowest BCUT2D eigenvalue weighted by atomic mass is 10.2. The van der Waals surface area contributed by atoms with Gasteiger partial charge in [-0.2, -0.15) is 0 Å². The van der Waals surface area contributed by atoms with Gasteiger partial charge in [0.05, 0.1) is 17.2 Å². The molecule has 0 radical (unpaired) electrons. The summed E-state index contributed by atoms with van der Waals surface area (Å²) in [6.45, 7) is 3.50. The van der Waals surface area contributed by atoms with Gasteiger partial charge in [-0.15, -0.1) is 6.58 Å². The Hall–Kier alpha value is -1.14. The average molecular weight is 287 g/mol. The van der Waals surface area contributed by atoms with Gasteiger partial charge in [0.1, 0.15) is 0 Å². The maximum Gasteiger partial charge on any atom is 0.233 e. The molecule has 6 heteroatoms. The van der Waals surface area contributed by atoms with Crippen LogP contribution in [0, 0.1) is 0 Å². The predicted molar refractivity (Wildman–Crippen MR) is 76.4 cm³/mol. The molecular weight excluding hydrogens is 270 g/mol. The summed E-state index contributed by atoms with van der Waals surface area (Å²) >= 11 is 0. The fourth-order valence-corrected chi connectivity index (χ4v) is 3.22. The fraction of sp³-hybridized carbons (Fsp3) is 0.333. The number of anilines is 1. The minimum absolute atomic E-state index is 0.0000482. The van der Waals surface area contributed by atoms with Crippen LogP contribution < -0.4 is 4.72 Å². The second-order valence-electron chi connectivity index (χ2n) is 3.87. The Morgan fingerprint density at radius 1 is 1.39 bits per heavy atom. The van der Waals surface area contributed by atoms with Crippen LogP contribution in [0.25, 0.3) is 0 Å². The Balaban J connectivity index is 2.90. The SMILES string of the molecule is C=CCCS(=O)(=O)Nc1ccccc1C[S@](C)=O. The van der Waals surface area contributed by atoms with Gasteiger partial charge in [-0.05, 0) is 18.1 Å². The highest BCUT2D eigenvalue weighted by atomic mass is 32.2. The number of hydrogen-bond acceptors (Lipinski definition) is 3. The van der Waals surface area contributed by atoms with Crippen LogP contribution in [0.4, 0.5) is 5.69 Å². The van der Waals surface area contributed by atoms with Crippen molar-refractivity contribution in [2.75, 3.05) is 16.7 Å². The molecule has 0 heterocycles. The van der Waals surface area contributed by atoms with E-state index >= 15 is 0 Å². The molecule has 0 aliphatic heterocycles. The third-order valence-corrected chi connectivity index (χ3v) is 4.25. The van der Waals surface area contributed by atoms with Crippen LogP contribution in [0.1, 0.15) is 12.0 Å². The summed E-state index contributed by atoms with van der Waals surface area (Å²) in [5.74, 6) is 0.334. The molecule has 0 aliphatic carbocycles. The normalized spacial score (nSPS) is 12.9. The summed E-state index contributed by atoms with van der Waals surface area (Å²) in [6, 6.07) is 6.98. The molecule has 4 nitrogen and oxygen atoms in total. The zero-order valence-electron chi connectivity index (χ0n) is 10.3. The van der Waals surface area contributed by atoms with E-state index in [0.29, 0.717) is 17.9 Å². The van der Waals surface area contributed by atoms with E-state index in [1.165, 1.54) is 0 Å². The number of benzene rings is 1. The zero-order chi connectivity index (χ0) is 13.6. The summed E-state index contributed by atoms with van der Waals surface area (Å²) in [5.41, 5.74) is 1.23. The molecule has 100 valence electrons. The summed E-state index contributed by atoms with van der Waals surface area (Å²) in [4.78, 5) is 0. The van der Waals surface area contributed by atoms with Crippen molar-refractivity contribution in [3.63, 3.8) is 0 Å². The molecule has 0 saturated heterocycles. The molecule has 0 saturated carbocycles. The van der Waals surface area contributed by atoms with Crippen molar-refractivity contribution in [1.29, 1.82) is 0 Å². The number of rotatable bonds is 7. The average Bonchev–Trinajstić information content (AvgIpc) is 2.28. The first-order valence-electron chi connectivity index (χ1n) is 5.44. The van der Waals surface area contributed by atoms with E-state index in [-0.39, 0.29) is 5.75 Å². The molecule has 0 unspecified atom stereocenters. The Morgan fingerprint density at radius 2 is 2.06 bits per heavy atom. The van der Waals surface area contributed by atoms with Crippen molar-refractivity contribution in [2.45, 2.75) is 12.2 Å². The highest BCUT2D eigenvalue weighted by Crippen LogP contribution is 2.18. The van der Waals surface area contributed by atoms with Crippen LogP contribution in [-0.2, 0) is 26.6 Å². The second-order valence-corrected chi connectivity index (χ2v) is 7.15. The van der Waals surface area contributed by atoms with Crippen molar-refractivity contribution in [3.8, 4) is 0 Å². The van der Waals surface area contributed by atoms with Crippen LogP contribution in [0.3, 0.4) is 0 Å². The largest absolute Gasteiger partial charge is 0.283 e. The van der Waals surface area contributed by atoms with E-state index in [9.17, 15) is 12.6 Å². The van der Waals surface area contributed by atoms with Gasteiger partial charge >= 0.3 is 0 Å². The van der Waals surface area contributed by atoms with Crippen LogP contribution in [0.2, 0.25) is 0 Å². The standard InChI is InChI=1S/C12H17NO3S2/c1-3-4-9-18(15,16)13-12-8-6-5-7-11(12)10-17(2)14/h3,5-8,13H,1,4,9-10H2,2H3/t17-/m0/s1. The van der Waals surface area contributed by atoms with Crippen molar-refractivity contribution < 1.29 is 12.6 Å². The first kappa shape index (κ1) is 14.9. The van der Waals surface area contributed by atoms with Gasteiger partial charge in [-0.25, -0.2) is 8.42 Å². The lowest BCUT2D eigenvalue weighted by Crippen LogP contribution is -2.17. The second kappa shape index (κ2) is 6.70. The van der Waals surface area contributed by atoms with Gasteiger partial charge in [0.2, 0.25) is 10.0 Å². The van der Waals surface area contributed by atoms with Crippen LogP contribution >= 0.6 is 0 Å². The zero-order valence-corrected chi connectivity index (χ0v) is 11.9. The Kier molecular flexibility index (Phi) is 5.55. The highest BCUT2D eigenvalue weighted by molar-refractivity contribution is 7.92. The van der Waals surface area contributed by atoms with Gasteiger partial charge < -0.3 is 0 Å². The Bertz CT molecular complexity index is 538. The lowest BCUT2D eigenvalue weighted by Gasteiger charge is -2.11. The number of para-hydroxylation sites is 1. The quantitative estimate of drug-likeness (QED) is 0.779. The third kappa shape index (κ3) is 5.01. The van der Waals surface area contributed by atoms with Gasteiger partial charge in [-0.1, -0.05) is 24.3 Å². The van der Waals surface area contributed by atoms with E-state index in [4.69, 9.17) is 0 Å². The van der Waals surface area contributed by atoms with E-state index in [1.54, 1.807) is 36.6 Å². The third-order valence-electron chi connectivity index (χ3n) is 2.23. The maximum atomic E-state index is 11.8. The number of nitrogens with one attached hydrogen (secondary N) is 1. The summed E-state index contributed by atoms with van der Waals surface area (Å²) in [6.07, 6.45) is 3.55. The van der Waals surface area contributed by atoms with Crippen molar-refractivity contribution in [2.24, 2.45) is 0 Å². The minimum Gasteiger partial charge on any atom is -0.283 e. The van der Waals surface area contributed by atoms with E-state index in [2.05, 4.69) is 11.3 Å². The first-order valence-corrected chi connectivity index (χ1v) is 8.82. The monoisotopic (exact) mass is 287 g/mol. The van der Waals surface area contributed by atoms with Gasteiger partial charge in [0.25, 0.3) is 0 Å². The molecule has 1 N–H and O–H groups in total. The number of sulfonamides is 1. The molecule has 0 fully saturated rings. The number of allylic oxidation sites excluding steroid dienone is 1. The van der Waals surface area contributed by atoms with Crippen LogP contribution in [0.15, 0.2) is 36.9 Å². The van der Waals surface area contributed by atoms with E-state index in [1.807, 2.05) is 0 Å². The molecule has 0 aromatic heterocycles. The molecule has 1 aromatic rings. The summed E-state index contributed by atoms with van der Waals surface area (Å²) in [5, 5.41) is 0. The molecule has 0 bridgehead atoms. The van der Waals surface area contributed by atoms with E-state index < -0.39 is 20.8 Å². The smallest absolute Gasteiger partial charge is 0.233 e. The highest BCUT2D eigenvalue weighted by Gasteiger charge is 2.12. The lowest BCUT2D eigenvalue weighted by molar-refractivity contribution is 0.601. The molecule has 0 spiro atoms. The minimum atomic E-state index is -3.38. The van der Waals surface area contributed by atoms with Gasteiger partial charge in [0, 0.05) is 17.1 Å². The molecule has 1 atom stereocenters. The fourth-order valence-electron chi connectivity index (χ4n) is 1.42. The topological polar surface area (TPSA) is 63.2 Å². The van der Waals surface area contributed by atoms with Crippen LogP contribution in [-0.4, -0.2) is 24.6 Å². The van der Waals surface area contributed by atoms with Crippen LogP contribution in [0.5, 0.6) is 0 Å². The van der Waals surface area contributed by atoms with Gasteiger partial charge in [0.15, 0.2) is 0 Å². The summed E-state index contributed by atoms with van der Waals surface area (Å²) in [7, 11) is -4.39. The van der Waals surface area contributed by atoms with Crippen molar-refractivity contribution >= 4 is 26.5 Å². The Labute approximate surface area is 111 Å². The molecular formula is C12H17NO3S2. The van der Waals surface area contributed by atoms with Crippen molar-refractivity contribution in [3.05, 3.63) is 42.5 Å². The molecule has 1 aromatic carbocycles.